The van der Waals surface area contributed by atoms with Gasteiger partial charge in [0.2, 0.25) is 0 Å². The summed E-state index contributed by atoms with van der Waals surface area (Å²) in [4.78, 5) is 4.49. The molecular formula is C10H21N5S. The Labute approximate surface area is 102 Å². The van der Waals surface area contributed by atoms with Gasteiger partial charge >= 0.3 is 0 Å². The van der Waals surface area contributed by atoms with E-state index in [2.05, 4.69) is 49.0 Å². The Morgan fingerprint density at radius 1 is 1.31 bits per heavy atom. The summed E-state index contributed by atoms with van der Waals surface area (Å²) < 4.78 is 0. The zero-order chi connectivity index (χ0) is 12.1. The van der Waals surface area contributed by atoms with Crippen molar-refractivity contribution in [1.82, 2.24) is 21.5 Å². The third-order valence-corrected chi connectivity index (χ3v) is 2.37. The summed E-state index contributed by atoms with van der Waals surface area (Å²) >= 11 is 1.65. The predicted octanol–water partition coefficient (Wildman–Crippen LogP) is 1.24. The van der Waals surface area contributed by atoms with Crippen molar-refractivity contribution in [2.75, 3.05) is 6.26 Å². The normalized spacial score (nSPS) is 19.9. The number of nitrogens with one attached hydrogen (secondary N) is 3. The summed E-state index contributed by atoms with van der Waals surface area (Å²) in [5, 5.41) is 2.81. The van der Waals surface area contributed by atoms with E-state index in [0.717, 1.165) is 10.9 Å². The van der Waals surface area contributed by atoms with E-state index < -0.39 is 0 Å². The van der Waals surface area contributed by atoms with Crippen molar-refractivity contribution < 1.29 is 0 Å². The first-order valence-electron chi connectivity index (χ1n) is 5.44. The van der Waals surface area contributed by atoms with Crippen LogP contribution in [0.4, 0.5) is 0 Å². The molecule has 1 rings (SSSR count). The van der Waals surface area contributed by atoms with Gasteiger partial charge in [0.05, 0.1) is 5.03 Å². The minimum absolute atomic E-state index is 0.279. The van der Waals surface area contributed by atoms with Gasteiger partial charge in [-0.25, -0.2) is 5.43 Å². The van der Waals surface area contributed by atoms with Crippen LogP contribution >= 0.6 is 11.8 Å². The molecule has 0 aromatic carbocycles. The largest absolute Gasteiger partial charge is 0.281 e. The van der Waals surface area contributed by atoms with Crippen LogP contribution in [0.2, 0.25) is 0 Å². The van der Waals surface area contributed by atoms with Gasteiger partial charge in [0.15, 0.2) is 0 Å². The average molecular weight is 243 g/mol. The van der Waals surface area contributed by atoms with Crippen LogP contribution in [-0.4, -0.2) is 29.4 Å². The third kappa shape index (κ3) is 4.42. The summed E-state index contributed by atoms with van der Waals surface area (Å²) in [5.41, 5.74) is 9.57. The standard InChI is InChI=1S/C10H21N5S/c1-7(2)11-9-6-10(16-5)14-15(13-9)12-8(3)4/h6-8,12,14H,1-5H3,(H,11,13). The smallest absolute Gasteiger partial charge is 0.140 e. The van der Waals surface area contributed by atoms with Crippen molar-refractivity contribution in [2.45, 2.75) is 39.8 Å². The lowest BCUT2D eigenvalue weighted by atomic mass is 10.4. The van der Waals surface area contributed by atoms with E-state index in [1.165, 1.54) is 0 Å². The molecule has 1 heterocycles. The first-order chi connectivity index (χ1) is 7.51. The summed E-state index contributed by atoms with van der Waals surface area (Å²) in [7, 11) is 0. The van der Waals surface area contributed by atoms with E-state index in [0.29, 0.717) is 6.04 Å². The second-order valence-electron chi connectivity index (χ2n) is 4.16. The molecule has 5 nitrogen and oxygen atoms in total. The van der Waals surface area contributed by atoms with Crippen LogP contribution in [-0.2, 0) is 0 Å². The molecule has 0 aromatic rings. The van der Waals surface area contributed by atoms with Gasteiger partial charge in [-0.15, -0.1) is 11.8 Å². The lowest BCUT2D eigenvalue weighted by Gasteiger charge is -2.31. The molecule has 0 atom stereocenters. The maximum Gasteiger partial charge on any atom is 0.140 e. The van der Waals surface area contributed by atoms with Crippen LogP contribution in [0.3, 0.4) is 0 Å². The van der Waals surface area contributed by atoms with Crippen molar-refractivity contribution in [3.8, 4) is 0 Å². The fourth-order valence-corrected chi connectivity index (χ4v) is 1.63. The highest BCUT2D eigenvalue weighted by Gasteiger charge is 2.15. The molecule has 0 radical (unpaired) electrons. The molecule has 1 aliphatic rings. The Morgan fingerprint density at radius 2 is 2.00 bits per heavy atom. The first-order valence-corrected chi connectivity index (χ1v) is 6.67. The van der Waals surface area contributed by atoms with Crippen molar-refractivity contribution >= 4 is 17.6 Å². The Balaban J connectivity index is 2.73. The predicted molar refractivity (Wildman–Crippen MR) is 70.6 cm³/mol. The van der Waals surface area contributed by atoms with Gasteiger partial charge < -0.3 is 0 Å². The summed E-state index contributed by atoms with van der Waals surface area (Å²) in [5.74, 6) is 0.867. The summed E-state index contributed by atoms with van der Waals surface area (Å²) in [6, 6.07) is 0.627. The number of hydrogen-bond acceptors (Lipinski definition) is 5. The molecule has 0 unspecified atom stereocenters. The van der Waals surface area contributed by atoms with Gasteiger partial charge in [0.1, 0.15) is 5.84 Å². The lowest BCUT2D eigenvalue weighted by Crippen LogP contribution is -2.61. The van der Waals surface area contributed by atoms with Crippen LogP contribution in [0.25, 0.3) is 0 Å². The van der Waals surface area contributed by atoms with Crippen LogP contribution in [0.15, 0.2) is 16.1 Å². The number of hydrogen-bond donors (Lipinski definition) is 3. The van der Waals surface area contributed by atoms with E-state index in [1.807, 2.05) is 12.3 Å². The van der Waals surface area contributed by atoms with Crippen LogP contribution in [0.5, 0.6) is 0 Å². The van der Waals surface area contributed by atoms with E-state index in [-0.39, 0.29) is 6.04 Å². The molecule has 0 spiro atoms. The number of amidine groups is 1. The maximum atomic E-state index is 4.49. The average Bonchev–Trinajstić information content (AvgIpc) is 2.14. The van der Waals surface area contributed by atoms with Crippen molar-refractivity contribution in [2.24, 2.45) is 4.99 Å². The summed E-state index contributed by atoms with van der Waals surface area (Å²) in [6.07, 6.45) is 4.04. The molecular weight excluding hydrogens is 222 g/mol. The molecule has 0 bridgehead atoms. The molecule has 16 heavy (non-hydrogen) atoms. The molecule has 0 saturated heterocycles. The fourth-order valence-electron chi connectivity index (χ4n) is 1.21. The lowest BCUT2D eigenvalue weighted by molar-refractivity contribution is 0.0821. The molecule has 0 aliphatic carbocycles. The SMILES string of the molecule is CSC1=CC(=NC(C)C)NN(NC(C)C)N1. The molecule has 92 valence electrons. The van der Waals surface area contributed by atoms with Crippen LogP contribution < -0.4 is 16.3 Å². The molecule has 0 aromatic heterocycles. The number of nitrogens with zero attached hydrogens (tertiary/aromatic N) is 2. The van der Waals surface area contributed by atoms with Gasteiger partial charge in [0, 0.05) is 18.2 Å². The first kappa shape index (κ1) is 13.3. The Hall–Kier alpha value is -0.720. The van der Waals surface area contributed by atoms with Crippen LogP contribution in [0.1, 0.15) is 27.7 Å². The zero-order valence-corrected chi connectivity index (χ0v) is 11.4. The minimum Gasteiger partial charge on any atom is -0.281 e. The van der Waals surface area contributed by atoms with E-state index in [9.17, 15) is 0 Å². The fraction of sp³-hybridized carbons (Fsp3) is 0.700. The third-order valence-electron chi connectivity index (χ3n) is 1.72. The number of aliphatic imine (C=N–C) groups is 1. The molecule has 3 N–H and O–H groups in total. The highest BCUT2D eigenvalue weighted by atomic mass is 32.2. The Bertz CT molecular complexity index is 285. The van der Waals surface area contributed by atoms with Gasteiger partial charge in [-0.1, -0.05) is 5.23 Å². The second kappa shape index (κ2) is 6.12. The minimum atomic E-state index is 0.279. The molecule has 6 heteroatoms. The van der Waals surface area contributed by atoms with Crippen molar-refractivity contribution in [1.29, 1.82) is 0 Å². The number of thioether (sulfide) groups is 1. The van der Waals surface area contributed by atoms with Gasteiger partial charge in [-0.3, -0.25) is 15.8 Å². The highest BCUT2D eigenvalue weighted by Crippen LogP contribution is 2.10. The van der Waals surface area contributed by atoms with Gasteiger partial charge in [0.25, 0.3) is 0 Å². The highest BCUT2D eigenvalue weighted by molar-refractivity contribution is 8.02. The van der Waals surface area contributed by atoms with Crippen molar-refractivity contribution in [3.63, 3.8) is 0 Å². The molecule has 0 saturated carbocycles. The van der Waals surface area contributed by atoms with Gasteiger partial charge in [-0.05, 0) is 34.0 Å². The van der Waals surface area contributed by atoms with E-state index in [4.69, 9.17) is 0 Å². The second-order valence-corrected chi connectivity index (χ2v) is 5.01. The topological polar surface area (TPSA) is 51.7 Å². The molecule has 0 fully saturated rings. The van der Waals surface area contributed by atoms with Crippen molar-refractivity contribution in [3.05, 3.63) is 11.1 Å². The maximum absolute atomic E-state index is 4.49. The molecule has 0 amide bonds. The number of rotatable bonds is 4. The Morgan fingerprint density at radius 3 is 2.50 bits per heavy atom. The number of hydrazine groups is 3. The van der Waals surface area contributed by atoms with E-state index in [1.54, 1.807) is 17.0 Å². The summed E-state index contributed by atoms with van der Waals surface area (Å²) in [6.45, 7) is 8.28. The zero-order valence-electron chi connectivity index (χ0n) is 10.5. The van der Waals surface area contributed by atoms with E-state index >= 15 is 0 Å². The monoisotopic (exact) mass is 243 g/mol. The molecule has 1 aliphatic heterocycles. The van der Waals surface area contributed by atoms with Crippen LogP contribution in [0, 0.1) is 0 Å². The quantitative estimate of drug-likeness (QED) is 0.693. The Kier molecular flexibility index (Phi) is 5.11. The van der Waals surface area contributed by atoms with Gasteiger partial charge in [-0.2, -0.15) is 0 Å².